The fraction of sp³-hybridized carbons (Fsp3) is 0.481. The Morgan fingerprint density at radius 1 is 1.21 bits per heavy atom. The van der Waals surface area contributed by atoms with Crippen molar-refractivity contribution in [3.63, 3.8) is 0 Å². The second-order valence-corrected chi connectivity index (χ2v) is 8.89. The van der Waals surface area contributed by atoms with E-state index in [1.807, 2.05) is 41.1 Å². The Bertz CT molecular complexity index is 1130. The molecule has 0 saturated carbocycles. The van der Waals surface area contributed by atoms with Crippen molar-refractivity contribution in [2.75, 3.05) is 25.4 Å². The third-order valence-electron chi connectivity index (χ3n) is 6.09. The molecule has 1 aliphatic heterocycles. The summed E-state index contributed by atoms with van der Waals surface area (Å²) in [4.78, 5) is 11.5. The zero-order chi connectivity index (χ0) is 23.8. The van der Waals surface area contributed by atoms with Gasteiger partial charge in [0, 0.05) is 32.1 Å². The van der Waals surface area contributed by atoms with Crippen LogP contribution in [0.5, 0.6) is 0 Å². The summed E-state index contributed by atoms with van der Waals surface area (Å²) >= 11 is 0. The monoisotopic (exact) mass is 463 g/mol. The van der Waals surface area contributed by atoms with Gasteiger partial charge in [0.1, 0.15) is 29.8 Å². The largest absolute Gasteiger partial charge is 0.382 e. The normalized spacial score (nSPS) is 16.1. The van der Waals surface area contributed by atoms with Crippen molar-refractivity contribution in [3.05, 3.63) is 53.5 Å². The van der Waals surface area contributed by atoms with Gasteiger partial charge in [0.25, 0.3) is 0 Å². The van der Waals surface area contributed by atoms with Crippen LogP contribution in [0.15, 0.2) is 36.5 Å². The number of rotatable bonds is 10. The summed E-state index contributed by atoms with van der Waals surface area (Å²) in [5.74, 6) is 7.79. The fourth-order valence-corrected chi connectivity index (χ4v) is 4.29. The number of benzene rings is 1. The number of anilines is 1. The Morgan fingerprint density at radius 3 is 2.82 bits per heavy atom. The molecule has 6 nitrogen and oxygen atoms in total. The standard InChI is InChI=1S/C27H34FN5O/c1-2-3-13-24-30-25-22(12-8-5-9-15-32-16-14-23(28)18-32)17-33(26(25)27(29)31-24)20-34-19-21-10-6-4-7-11-21/h4,6-7,10-11,17,23H,2-3,5,9,13-16,18-20H2,1H3,(H2,29,30,31). The van der Waals surface area contributed by atoms with Crippen LogP contribution in [0.3, 0.4) is 0 Å². The first-order valence-corrected chi connectivity index (χ1v) is 12.3. The number of unbranched alkanes of at least 4 members (excludes halogenated alkanes) is 2. The molecule has 0 bridgehead atoms. The van der Waals surface area contributed by atoms with Crippen LogP contribution in [0.25, 0.3) is 11.0 Å². The maximum atomic E-state index is 13.3. The molecule has 1 aliphatic rings. The van der Waals surface area contributed by atoms with E-state index in [0.717, 1.165) is 73.2 Å². The van der Waals surface area contributed by atoms with Crippen molar-refractivity contribution >= 4 is 16.9 Å². The average Bonchev–Trinajstić information content (AvgIpc) is 3.41. The first-order chi connectivity index (χ1) is 16.6. The molecule has 1 unspecified atom stereocenters. The summed E-state index contributed by atoms with van der Waals surface area (Å²) in [6.45, 7) is 5.29. The molecule has 2 aromatic heterocycles. The third-order valence-corrected chi connectivity index (χ3v) is 6.09. The molecule has 0 radical (unpaired) electrons. The molecular formula is C27H34FN5O. The van der Waals surface area contributed by atoms with Crippen LogP contribution in [0.2, 0.25) is 0 Å². The van der Waals surface area contributed by atoms with Crippen LogP contribution < -0.4 is 5.73 Å². The maximum absolute atomic E-state index is 13.3. The Morgan fingerprint density at radius 2 is 2.06 bits per heavy atom. The highest BCUT2D eigenvalue weighted by Gasteiger charge is 2.20. The fourth-order valence-electron chi connectivity index (χ4n) is 4.29. The Kier molecular flexibility index (Phi) is 8.51. The third kappa shape index (κ3) is 6.34. The van der Waals surface area contributed by atoms with Gasteiger partial charge in [-0.25, -0.2) is 14.4 Å². The van der Waals surface area contributed by atoms with Gasteiger partial charge < -0.3 is 19.9 Å². The van der Waals surface area contributed by atoms with Crippen molar-refractivity contribution in [3.8, 4) is 11.8 Å². The van der Waals surface area contributed by atoms with Gasteiger partial charge in [0.15, 0.2) is 5.82 Å². The lowest BCUT2D eigenvalue weighted by Gasteiger charge is -2.12. The van der Waals surface area contributed by atoms with Gasteiger partial charge >= 0.3 is 0 Å². The van der Waals surface area contributed by atoms with E-state index < -0.39 is 6.17 Å². The van der Waals surface area contributed by atoms with Crippen LogP contribution in [0.1, 0.15) is 56.0 Å². The Balaban J connectivity index is 1.48. The number of nitrogens with zero attached hydrogens (tertiary/aromatic N) is 4. The van der Waals surface area contributed by atoms with Gasteiger partial charge in [-0.1, -0.05) is 55.5 Å². The molecule has 180 valence electrons. The topological polar surface area (TPSA) is 69.2 Å². The predicted octanol–water partition coefficient (Wildman–Crippen LogP) is 4.71. The molecule has 1 fully saturated rings. The Labute approximate surface area is 201 Å². The van der Waals surface area contributed by atoms with Crippen molar-refractivity contribution < 1.29 is 9.13 Å². The Hall–Kier alpha value is -2.95. The zero-order valence-corrected chi connectivity index (χ0v) is 20.0. The highest BCUT2D eigenvalue weighted by molar-refractivity contribution is 5.90. The van der Waals surface area contributed by atoms with Crippen molar-refractivity contribution in [1.29, 1.82) is 0 Å². The molecule has 7 heteroatoms. The van der Waals surface area contributed by atoms with Crippen molar-refractivity contribution in [2.24, 2.45) is 0 Å². The van der Waals surface area contributed by atoms with Gasteiger partial charge in [-0.3, -0.25) is 0 Å². The van der Waals surface area contributed by atoms with E-state index in [0.29, 0.717) is 32.1 Å². The lowest BCUT2D eigenvalue weighted by atomic mass is 10.2. The smallest absolute Gasteiger partial charge is 0.151 e. The van der Waals surface area contributed by atoms with E-state index in [4.69, 9.17) is 15.5 Å². The molecule has 2 N–H and O–H groups in total. The summed E-state index contributed by atoms with van der Waals surface area (Å²) in [6.07, 6.45) is 6.51. The van der Waals surface area contributed by atoms with Crippen LogP contribution >= 0.6 is 0 Å². The van der Waals surface area contributed by atoms with E-state index >= 15 is 0 Å². The first-order valence-electron chi connectivity index (χ1n) is 12.3. The number of hydrogen-bond acceptors (Lipinski definition) is 5. The van der Waals surface area contributed by atoms with Crippen LogP contribution in [0, 0.1) is 11.8 Å². The summed E-state index contributed by atoms with van der Waals surface area (Å²) in [7, 11) is 0. The van der Waals surface area contributed by atoms with E-state index in [1.54, 1.807) is 0 Å². The molecular weight excluding hydrogens is 429 g/mol. The second-order valence-electron chi connectivity index (χ2n) is 8.89. The number of aryl methyl sites for hydroxylation is 1. The lowest BCUT2D eigenvalue weighted by molar-refractivity contribution is 0.0668. The second kappa shape index (κ2) is 12.0. The highest BCUT2D eigenvalue weighted by atomic mass is 19.1. The van der Waals surface area contributed by atoms with Crippen LogP contribution in [-0.2, 0) is 24.5 Å². The van der Waals surface area contributed by atoms with Crippen LogP contribution in [0.4, 0.5) is 10.2 Å². The maximum Gasteiger partial charge on any atom is 0.151 e. The number of likely N-dealkylation sites (tertiary alicyclic amines) is 1. The number of alkyl halides is 1. The van der Waals surface area contributed by atoms with E-state index in [9.17, 15) is 4.39 Å². The zero-order valence-electron chi connectivity index (χ0n) is 20.0. The number of aromatic nitrogens is 3. The highest BCUT2D eigenvalue weighted by Crippen LogP contribution is 2.24. The molecule has 1 aromatic carbocycles. The minimum absolute atomic E-state index is 0.342. The number of nitrogen functional groups attached to an aromatic ring is 1. The lowest BCUT2D eigenvalue weighted by Crippen LogP contribution is -2.22. The van der Waals surface area contributed by atoms with E-state index in [2.05, 4.69) is 28.6 Å². The molecule has 0 spiro atoms. The van der Waals surface area contributed by atoms with Crippen molar-refractivity contribution in [2.45, 2.75) is 65.0 Å². The molecule has 3 aromatic rings. The van der Waals surface area contributed by atoms with Gasteiger partial charge in [-0.15, -0.1) is 0 Å². The molecule has 0 amide bonds. The minimum atomic E-state index is -0.673. The van der Waals surface area contributed by atoms with Gasteiger partial charge in [-0.05, 0) is 31.4 Å². The number of hydrogen-bond donors (Lipinski definition) is 1. The number of ether oxygens (including phenoxy) is 1. The molecule has 1 atom stereocenters. The first kappa shape index (κ1) is 24.2. The van der Waals surface area contributed by atoms with E-state index in [1.165, 1.54) is 0 Å². The van der Waals surface area contributed by atoms with Crippen LogP contribution in [-0.4, -0.2) is 45.2 Å². The number of halogens is 1. The SMILES string of the molecule is CCCCc1nc(N)c2c(n1)c(C#CCCCN1CCC(F)C1)cn2COCc1ccccc1. The van der Waals surface area contributed by atoms with Gasteiger partial charge in [0.2, 0.25) is 0 Å². The summed E-state index contributed by atoms with van der Waals surface area (Å²) < 4.78 is 21.2. The average molecular weight is 464 g/mol. The minimum Gasteiger partial charge on any atom is -0.382 e. The summed E-state index contributed by atoms with van der Waals surface area (Å²) in [6, 6.07) is 10.1. The number of fused-ring (bicyclic) bond motifs is 1. The van der Waals surface area contributed by atoms with Gasteiger partial charge in [0.05, 0.1) is 12.2 Å². The molecule has 1 saturated heterocycles. The molecule has 4 rings (SSSR count). The molecule has 0 aliphatic carbocycles. The summed E-state index contributed by atoms with van der Waals surface area (Å²) in [5, 5.41) is 0. The van der Waals surface area contributed by atoms with Gasteiger partial charge in [-0.2, -0.15) is 0 Å². The predicted molar refractivity (Wildman–Crippen MR) is 134 cm³/mol. The quantitative estimate of drug-likeness (QED) is 0.348. The molecule has 3 heterocycles. The molecule has 34 heavy (non-hydrogen) atoms. The van der Waals surface area contributed by atoms with Crippen molar-refractivity contribution in [1.82, 2.24) is 19.4 Å². The number of nitrogens with two attached hydrogens (primary N) is 1. The summed E-state index contributed by atoms with van der Waals surface area (Å²) in [5.41, 5.74) is 9.88. The van der Waals surface area contributed by atoms with E-state index in [-0.39, 0.29) is 0 Å².